The van der Waals surface area contributed by atoms with Gasteiger partial charge in [0.2, 0.25) is 0 Å². The first-order valence-electron chi connectivity index (χ1n) is 7.79. The van der Waals surface area contributed by atoms with Gasteiger partial charge >= 0.3 is 0 Å². The molecule has 124 valence electrons. The molecule has 2 aromatic rings. The Morgan fingerprint density at radius 1 is 1.17 bits per heavy atom. The maximum absolute atomic E-state index is 12.9. The number of carbonyl (C=O) groups is 2. The van der Waals surface area contributed by atoms with Gasteiger partial charge < -0.3 is 10.0 Å². The van der Waals surface area contributed by atoms with E-state index in [-0.39, 0.29) is 18.2 Å². The van der Waals surface area contributed by atoms with Crippen LogP contribution in [0, 0.1) is 3.57 Å². The maximum atomic E-state index is 12.9. The first-order valence-corrected chi connectivity index (χ1v) is 8.87. The Balaban J connectivity index is 1.98. The van der Waals surface area contributed by atoms with E-state index in [0.29, 0.717) is 16.8 Å². The second-order valence-electron chi connectivity index (χ2n) is 6.25. The van der Waals surface area contributed by atoms with Crippen LogP contribution < -0.4 is 4.90 Å². The SMILES string of the molecule is CC(C)N1C(=O)C(O)(CC(=O)c2ccc(I)cc2)c2ccccc21. The average Bonchev–Trinajstić information content (AvgIpc) is 2.76. The molecule has 1 aliphatic rings. The van der Waals surface area contributed by atoms with E-state index in [0.717, 1.165) is 3.57 Å². The third-order valence-electron chi connectivity index (χ3n) is 4.28. The highest BCUT2D eigenvalue weighted by atomic mass is 127. The summed E-state index contributed by atoms with van der Waals surface area (Å²) >= 11 is 2.16. The Hall–Kier alpha value is -1.73. The zero-order valence-corrected chi connectivity index (χ0v) is 15.6. The lowest BCUT2D eigenvalue weighted by molar-refractivity contribution is -0.136. The number of hydrogen-bond donors (Lipinski definition) is 1. The van der Waals surface area contributed by atoms with Gasteiger partial charge in [0, 0.05) is 20.7 Å². The molecule has 3 rings (SSSR count). The van der Waals surface area contributed by atoms with Gasteiger partial charge in [-0.1, -0.05) is 30.3 Å². The third-order valence-corrected chi connectivity index (χ3v) is 5.00. The molecule has 5 heteroatoms. The third kappa shape index (κ3) is 2.75. The van der Waals surface area contributed by atoms with Crippen LogP contribution in [-0.2, 0) is 10.4 Å². The number of rotatable bonds is 4. The number of carbonyl (C=O) groups excluding carboxylic acids is 2. The molecular weight excluding hydrogens is 417 g/mol. The summed E-state index contributed by atoms with van der Waals surface area (Å²) in [7, 11) is 0. The van der Waals surface area contributed by atoms with Crippen molar-refractivity contribution in [2.75, 3.05) is 4.90 Å². The number of aliphatic hydroxyl groups is 1. The van der Waals surface area contributed by atoms with Crippen LogP contribution in [0.1, 0.15) is 36.2 Å². The molecule has 1 heterocycles. The standard InChI is InChI=1S/C19H18INO3/c1-12(2)21-16-6-4-3-5-15(16)19(24,18(21)23)11-17(22)13-7-9-14(20)10-8-13/h3-10,12,24H,11H2,1-2H3. The number of benzene rings is 2. The van der Waals surface area contributed by atoms with E-state index in [2.05, 4.69) is 22.6 Å². The van der Waals surface area contributed by atoms with E-state index < -0.39 is 11.5 Å². The Morgan fingerprint density at radius 2 is 1.79 bits per heavy atom. The van der Waals surface area contributed by atoms with Crippen molar-refractivity contribution in [3.63, 3.8) is 0 Å². The molecule has 0 saturated heterocycles. The number of para-hydroxylation sites is 1. The largest absolute Gasteiger partial charge is 0.375 e. The van der Waals surface area contributed by atoms with Crippen molar-refractivity contribution in [2.24, 2.45) is 0 Å². The smallest absolute Gasteiger partial charge is 0.264 e. The van der Waals surface area contributed by atoms with Crippen LogP contribution in [0.5, 0.6) is 0 Å². The Morgan fingerprint density at radius 3 is 2.42 bits per heavy atom. The monoisotopic (exact) mass is 435 g/mol. The summed E-state index contributed by atoms with van der Waals surface area (Å²) in [4.78, 5) is 27.1. The lowest BCUT2D eigenvalue weighted by atomic mass is 9.88. The van der Waals surface area contributed by atoms with Crippen LogP contribution >= 0.6 is 22.6 Å². The van der Waals surface area contributed by atoms with Gasteiger partial charge in [-0.15, -0.1) is 0 Å². The Kier molecular flexibility index (Phi) is 4.48. The molecule has 24 heavy (non-hydrogen) atoms. The number of amides is 1. The molecule has 0 saturated carbocycles. The van der Waals surface area contributed by atoms with E-state index in [1.165, 1.54) is 0 Å². The molecule has 0 fully saturated rings. The van der Waals surface area contributed by atoms with Gasteiger partial charge in [-0.2, -0.15) is 0 Å². The first-order chi connectivity index (χ1) is 11.3. The molecule has 1 atom stereocenters. The van der Waals surface area contributed by atoms with Gasteiger partial charge in [-0.05, 0) is 54.6 Å². The minimum Gasteiger partial charge on any atom is -0.375 e. The molecule has 1 N–H and O–H groups in total. The highest BCUT2D eigenvalue weighted by Crippen LogP contribution is 2.43. The summed E-state index contributed by atoms with van der Waals surface area (Å²) in [5, 5.41) is 11.1. The fourth-order valence-corrected chi connectivity index (χ4v) is 3.47. The average molecular weight is 435 g/mol. The highest BCUT2D eigenvalue weighted by molar-refractivity contribution is 14.1. The summed E-state index contributed by atoms with van der Waals surface area (Å²) < 4.78 is 1.02. The van der Waals surface area contributed by atoms with Crippen molar-refractivity contribution in [1.82, 2.24) is 0 Å². The Labute approximate surface area is 154 Å². The summed E-state index contributed by atoms with van der Waals surface area (Å²) in [6, 6.07) is 14.1. The van der Waals surface area contributed by atoms with Crippen LogP contribution in [0.15, 0.2) is 48.5 Å². The second kappa shape index (κ2) is 6.29. The van der Waals surface area contributed by atoms with Gasteiger partial charge in [0.1, 0.15) is 0 Å². The lowest BCUT2D eigenvalue weighted by Crippen LogP contribution is -2.44. The van der Waals surface area contributed by atoms with Crippen LogP contribution in [0.2, 0.25) is 0 Å². The molecule has 0 aromatic heterocycles. The van der Waals surface area contributed by atoms with Crippen molar-refractivity contribution in [1.29, 1.82) is 0 Å². The minimum absolute atomic E-state index is 0.0962. The Bertz CT molecular complexity index is 801. The van der Waals surface area contributed by atoms with Crippen molar-refractivity contribution < 1.29 is 14.7 Å². The molecule has 2 aromatic carbocycles. The van der Waals surface area contributed by atoms with Crippen LogP contribution in [0.4, 0.5) is 5.69 Å². The molecule has 1 unspecified atom stereocenters. The summed E-state index contributed by atoms with van der Waals surface area (Å²) in [5.41, 5.74) is -0.129. The quantitative estimate of drug-likeness (QED) is 0.591. The van der Waals surface area contributed by atoms with Crippen LogP contribution in [0.3, 0.4) is 0 Å². The van der Waals surface area contributed by atoms with E-state index >= 15 is 0 Å². The first kappa shape index (κ1) is 17.1. The van der Waals surface area contributed by atoms with Gasteiger partial charge in [-0.3, -0.25) is 9.59 Å². The van der Waals surface area contributed by atoms with Crippen molar-refractivity contribution in [2.45, 2.75) is 31.9 Å². The minimum atomic E-state index is -1.80. The fraction of sp³-hybridized carbons (Fsp3) is 0.263. The number of hydrogen-bond acceptors (Lipinski definition) is 3. The van der Waals surface area contributed by atoms with Crippen molar-refractivity contribution in [3.05, 3.63) is 63.2 Å². The van der Waals surface area contributed by atoms with Gasteiger partial charge in [0.15, 0.2) is 11.4 Å². The molecule has 0 bridgehead atoms. The summed E-state index contributed by atoms with van der Waals surface area (Å²) in [6.07, 6.45) is -0.257. The zero-order chi connectivity index (χ0) is 17.5. The number of ketones is 1. The highest BCUT2D eigenvalue weighted by Gasteiger charge is 2.51. The molecule has 0 aliphatic carbocycles. The topological polar surface area (TPSA) is 57.6 Å². The number of anilines is 1. The number of halogens is 1. The summed E-state index contributed by atoms with van der Waals surface area (Å²) in [6.45, 7) is 3.78. The van der Waals surface area contributed by atoms with Gasteiger partial charge in [0.05, 0.1) is 12.1 Å². The molecule has 1 amide bonds. The van der Waals surface area contributed by atoms with E-state index in [1.807, 2.05) is 32.0 Å². The van der Waals surface area contributed by atoms with Crippen LogP contribution in [0.25, 0.3) is 0 Å². The fourth-order valence-electron chi connectivity index (χ4n) is 3.11. The second-order valence-corrected chi connectivity index (χ2v) is 7.50. The van der Waals surface area contributed by atoms with E-state index in [1.54, 1.807) is 35.2 Å². The van der Waals surface area contributed by atoms with E-state index in [9.17, 15) is 14.7 Å². The van der Waals surface area contributed by atoms with E-state index in [4.69, 9.17) is 0 Å². The molecule has 1 aliphatic heterocycles. The molecular formula is C19H18INO3. The number of nitrogens with zero attached hydrogens (tertiary/aromatic N) is 1. The zero-order valence-electron chi connectivity index (χ0n) is 13.5. The molecule has 0 radical (unpaired) electrons. The lowest BCUT2D eigenvalue weighted by Gasteiger charge is -2.25. The molecule has 0 spiro atoms. The summed E-state index contributed by atoms with van der Waals surface area (Å²) in [5.74, 6) is -0.680. The number of fused-ring (bicyclic) bond motifs is 1. The van der Waals surface area contributed by atoms with Crippen molar-refractivity contribution >= 4 is 40.0 Å². The number of Topliss-reactive ketones (excluding diaryl/α,β-unsaturated/α-hetero) is 1. The predicted molar refractivity (Wildman–Crippen MR) is 101 cm³/mol. The predicted octanol–water partition coefficient (Wildman–Crippen LogP) is 3.51. The van der Waals surface area contributed by atoms with Gasteiger partial charge in [0.25, 0.3) is 5.91 Å². The molecule has 4 nitrogen and oxygen atoms in total. The normalized spacial score (nSPS) is 19.7. The van der Waals surface area contributed by atoms with Gasteiger partial charge in [-0.25, -0.2) is 0 Å². The maximum Gasteiger partial charge on any atom is 0.264 e. The van der Waals surface area contributed by atoms with Crippen molar-refractivity contribution in [3.8, 4) is 0 Å². The van der Waals surface area contributed by atoms with Crippen LogP contribution in [-0.4, -0.2) is 22.8 Å².